The van der Waals surface area contributed by atoms with Crippen molar-refractivity contribution in [3.05, 3.63) is 73.5 Å². The SMILES string of the molecule is CCC1C(=O)OCc2c1cc1n(c2=O)CC2=C(/C)CCCc3cc(cc(F)c3C)/N=C\21. The van der Waals surface area contributed by atoms with Gasteiger partial charge >= 0.3 is 5.97 Å². The number of nitrogens with zero attached hydrogens (tertiary/aromatic N) is 2. The zero-order valence-electron chi connectivity index (χ0n) is 18.0. The van der Waals surface area contributed by atoms with Crippen molar-refractivity contribution in [1.29, 1.82) is 0 Å². The fraction of sp³-hybridized carbons (Fsp3) is 0.400. The summed E-state index contributed by atoms with van der Waals surface area (Å²) in [5.74, 6) is -0.989. The lowest BCUT2D eigenvalue weighted by atomic mass is 9.90. The summed E-state index contributed by atoms with van der Waals surface area (Å²) in [5.41, 5.74) is 7.01. The van der Waals surface area contributed by atoms with E-state index in [1.807, 2.05) is 26.0 Å². The first kappa shape index (κ1) is 19.9. The highest BCUT2D eigenvalue weighted by atomic mass is 19.1. The van der Waals surface area contributed by atoms with E-state index in [9.17, 15) is 14.0 Å². The van der Waals surface area contributed by atoms with E-state index < -0.39 is 5.92 Å². The standard InChI is InChI=1S/C25H25FN2O3/c1-4-17-18-10-22-23-19(11-28(22)24(29)20(18)12-31-25(17)30)13(2)6-5-7-15-8-16(27-23)9-21(26)14(15)3/h8-10,17H,4-7,11-12H2,1-3H3/b19-13+,27-23+. The van der Waals surface area contributed by atoms with Crippen LogP contribution in [0.15, 0.2) is 39.1 Å². The number of aromatic nitrogens is 1. The van der Waals surface area contributed by atoms with Crippen LogP contribution in [-0.4, -0.2) is 16.2 Å². The molecule has 0 saturated heterocycles. The highest BCUT2D eigenvalue weighted by molar-refractivity contribution is 6.15. The van der Waals surface area contributed by atoms with Crippen LogP contribution < -0.4 is 5.56 Å². The monoisotopic (exact) mass is 420 g/mol. The molecule has 6 heteroatoms. The Hall–Kier alpha value is -3.02. The molecule has 1 aromatic carbocycles. The lowest BCUT2D eigenvalue weighted by molar-refractivity contribution is -0.148. The van der Waals surface area contributed by atoms with Gasteiger partial charge in [0.25, 0.3) is 5.56 Å². The number of allylic oxidation sites excluding steroid dienone is 2. The Kier molecular flexibility index (Phi) is 4.68. The molecular weight excluding hydrogens is 395 g/mol. The Morgan fingerprint density at radius 1 is 1.19 bits per heavy atom. The summed E-state index contributed by atoms with van der Waals surface area (Å²) in [6, 6.07) is 5.35. The number of cyclic esters (lactones) is 1. The van der Waals surface area contributed by atoms with E-state index in [0.29, 0.717) is 41.2 Å². The third kappa shape index (κ3) is 3.08. The lowest BCUT2D eigenvalue weighted by Gasteiger charge is -2.24. The van der Waals surface area contributed by atoms with E-state index in [4.69, 9.17) is 9.73 Å². The molecule has 0 fully saturated rings. The maximum Gasteiger partial charge on any atom is 0.313 e. The molecule has 3 aliphatic rings. The van der Waals surface area contributed by atoms with Crippen molar-refractivity contribution < 1.29 is 13.9 Å². The molecule has 0 amide bonds. The van der Waals surface area contributed by atoms with E-state index in [0.717, 1.165) is 36.0 Å². The summed E-state index contributed by atoms with van der Waals surface area (Å²) in [6.45, 7) is 6.27. The van der Waals surface area contributed by atoms with Gasteiger partial charge in [-0.2, -0.15) is 0 Å². The maximum atomic E-state index is 14.6. The maximum absolute atomic E-state index is 14.6. The van der Waals surface area contributed by atoms with Crippen LogP contribution in [-0.2, 0) is 29.1 Å². The van der Waals surface area contributed by atoms with Crippen molar-refractivity contribution in [1.82, 2.24) is 4.57 Å². The molecule has 0 saturated carbocycles. The minimum atomic E-state index is -0.444. The van der Waals surface area contributed by atoms with Gasteiger partial charge in [-0.25, -0.2) is 9.38 Å². The first-order valence-corrected chi connectivity index (χ1v) is 10.9. The molecule has 4 heterocycles. The van der Waals surface area contributed by atoms with Crippen molar-refractivity contribution in [3.63, 3.8) is 0 Å². The van der Waals surface area contributed by atoms with Gasteiger partial charge in [-0.05, 0) is 80.0 Å². The van der Waals surface area contributed by atoms with Gasteiger partial charge in [0.2, 0.25) is 0 Å². The van der Waals surface area contributed by atoms with Gasteiger partial charge in [0.1, 0.15) is 12.4 Å². The number of carbonyl (C=O) groups is 1. The van der Waals surface area contributed by atoms with Gasteiger partial charge in [-0.15, -0.1) is 0 Å². The van der Waals surface area contributed by atoms with Crippen molar-refractivity contribution in [2.75, 3.05) is 0 Å². The summed E-state index contributed by atoms with van der Waals surface area (Å²) >= 11 is 0. The van der Waals surface area contributed by atoms with Gasteiger partial charge in [0.15, 0.2) is 0 Å². The van der Waals surface area contributed by atoms with Crippen molar-refractivity contribution in [2.24, 2.45) is 4.99 Å². The molecule has 1 aromatic heterocycles. The van der Waals surface area contributed by atoms with Crippen LogP contribution in [0, 0.1) is 12.7 Å². The van der Waals surface area contributed by atoms with Crippen LogP contribution in [0.1, 0.15) is 67.0 Å². The highest BCUT2D eigenvalue weighted by Gasteiger charge is 2.35. The van der Waals surface area contributed by atoms with E-state index in [-0.39, 0.29) is 24.0 Å². The number of pyridine rings is 1. The van der Waals surface area contributed by atoms with Crippen molar-refractivity contribution in [3.8, 4) is 0 Å². The van der Waals surface area contributed by atoms with Crippen LogP contribution in [0.2, 0.25) is 0 Å². The number of carbonyl (C=O) groups excluding carboxylic acids is 1. The third-order valence-electron chi connectivity index (χ3n) is 6.90. The lowest BCUT2D eigenvalue weighted by Crippen LogP contribution is -2.33. The quantitative estimate of drug-likeness (QED) is 0.632. The molecule has 0 N–H and O–H groups in total. The Labute approximate surface area is 180 Å². The molecule has 0 spiro atoms. The van der Waals surface area contributed by atoms with Gasteiger partial charge in [-0.1, -0.05) is 12.5 Å². The smallest absolute Gasteiger partial charge is 0.313 e. The Balaban J connectivity index is 1.77. The topological polar surface area (TPSA) is 60.7 Å². The van der Waals surface area contributed by atoms with Crippen molar-refractivity contribution in [2.45, 2.75) is 65.5 Å². The number of fused-ring (bicyclic) bond motifs is 6. The van der Waals surface area contributed by atoms with Crippen LogP contribution >= 0.6 is 0 Å². The Morgan fingerprint density at radius 3 is 2.77 bits per heavy atom. The first-order valence-electron chi connectivity index (χ1n) is 10.9. The second kappa shape index (κ2) is 7.29. The molecule has 2 aromatic rings. The predicted octanol–water partition coefficient (Wildman–Crippen LogP) is 4.63. The number of ether oxygens (including phenoxy) is 1. The molecule has 5 nitrogen and oxygen atoms in total. The largest absolute Gasteiger partial charge is 0.460 e. The number of benzene rings is 1. The average Bonchev–Trinajstić information content (AvgIpc) is 3.10. The molecule has 31 heavy (non-hydrogen) atoms. The molecular formula is C25H25FN2O3. The molecule has 1 atom stereocenters. The highest BCUT2D eigenvalue weighted by Crippen LogP contribution is 2.35. The molecule has 2 bridgehead atoms. The van der Waals surface area contributed by atoms with Crippen LogP contribution in [0.3, 0.4) is 0 Å². The molecule has 3 aliphatic heterocycles. The summed E-state index contributed by atoms with van der Waals surface area (Å²) < 4.78 is 21.6. The predicted molar refractivity (Wildman–Crippen MR) is 117 cm³/mol. The zero-order valence-corrected chi connectivity index (χ0v) is 18.0. The van der Waals surface area contributed by atoms with E-state index in [1.165, 1.54) is 11.6 Å². The summed E-state index contributed by atoms with van der Waals surface area (Å²) in [5, 5.41) is 0. The number of halogens is 1. The number of aryl methyl sites for hydroxylation is 1. The second-order valence-corrected chi connectivity index (χ2v) is 8.71. The van der Waals surface area contributed by atoms with E-state index in [1.54, 1.807) is 4.57 Å². The first-order chi connectivity index (χ1) is 14.9. The van der Waals surface area contributed by atoms with Gasteiger partial charge in [0.05, 0.1) is 35.1 Å². The van der Waals surface area contributed by atoms with E-state index in [2.05, 4.69) is 6.92 Å². The fourth-order valence-electron chi connectivity index (χ4n) is 4.99. The minimum absolute atomic E-state index is 0.0147. The molecule has 1 unspecified atom stereocenters. The molecule has 0 aliphatic carbocycles. The number of hydrogen-bond acceptors (Lipinski definition) is 4. The normalized spacial score (nSPS) is 23.9. The van der Waals surface area contributed by atoms with Crippen LogP contribution in [0.5, 0.6) is 0 Å². The molecule has 160 valence electrons. The third-order valence-corrected chi connectivity index (χ3v) is 6.90. The minimum Gasteiger partial charge on any atom is -0.460 e. The second-order valence-electron chi connectivity index (χ2n) is 8.71. The number of hydrogen-bond donors (Lipinski definition) is 0. The van der Waals surface area contributed by atoms with Crippen LogP contribution in [0.4, 0.5) is 10.1 Å². The van der Waals surface area contributed by atoms with Crippen molar-refractivity contribution >= 4 is 17.4 Å². The Morgan fingerprint density at radius 2 is 2.00 bits per heavy atom. The Bertz CT molecular complexity index is 1250. The number of aliphatic imine (C=N–C) groups is 1. The molecule has 5 rings (SSSR count). The number of esters is 1. The van der Waals surface area contributed by atoms with Gasteiger partial charge in [0, 0.05) is 0 Å². The fourth-order valence-corrected chi connectivity index (χ4v) is 4.99. The van der Waals surface area contributed by atoms with Gasteiger partial charge in [-0.3, -0.25) is 9.59 Å². The number of rotatable bonds is 1. The van der Waals surface area contributed by atoms with Gasteiger partial charge < -0.3 is 9.30 Å². The van der Waals surface area contributed by atoms with E-state index >= 15 is 0 Å². The molecule has 0 radical (unpaired) electrons. The van der Waals surface area contributed by atoms with Crippen LogP contribution in [0.25, 0.3) is 0 Å². The zero-order chi connectivity index (χ0) is 21.9. The average molecular weight is 420 g/mol. The summed E-state index contributed by atoms with van der Waals surface area (Å²) in [7, 11) is 0. The summed E-state index contributed by atoms with van der Waals surface area (Å²) in [6.07, 6.45) is 3.13. The summed E-state index contributed by atoms with van der Waals surface area (Å²) in [4.78, 5) is 30.5.